The molecule has 0 aliphatic heterocycles. The summed E-state index contributed by atoms with van der Waals surface area (Å²) in [5.41, 5.74) is 0.856. The minimum absolute atomic E-state index is 0.0238. The molecule has 0 saturated heterocycles. The average Bonchev–Trinajstić information content (AvgIpc) is 2.42. The molecule has 0 aromatic heterocycles. The third kappa shape index (κ3) is 6.60. The fourth-order valence-electron chi connectivity index (χ4n) is 1.84. The molecule has 1 amide bonds. The molecule has 0 aliphatic rings. The third-order valence-corrected chi connectivity index (χ3v) is 3.49. The topological polar surface area (TPSA) is 69.6 Å². The van der Waals surface area contributed by atoms with Gasteiger partial charge in [0.2, 0.25) is 5.91 Å². The van der Waals surface area contributed by atoms with Crippen molar-refractivity contribution in [1.29, 1.82) is 0 Å². The molecule has 0 aliphatic carbocycles. The highest BCUT2D eigenvalue weighted by Crippen LogP contribution is 2.14. The first-order valence-electron chi connectivity index (χ1n) is 6.86. The number of nitrogens with zero attached hydrogens (tertiary/aromatic N) is 1. The lowest BCUT2D eigenvalue weighted by molar-refractivity contribution is -0.138. The molecular formula is C15H21ClN2O3. The number of carbonyl (C=O) groups is 2. The number of rotatable bonds is 8. The van der Waals surface area contributed by atoms with Crippen LogP contribution in [0.5, 0.6) is 0 Å². The van der Waals surface area contributed by atoms with Crippen molar-refractivity contribution in [2.24, 2.45) is 0 Å². The van der Waals surface area contributed by atoms with Crippen LogP contribution in [0.1, 0.15) is 25.8 Å². The summed E-state index contributed by atoms with van der Waals surface area (Å²) in [5, 5.41) is 12.1. The number of hydrogen-bond donors (Lipinski definition) is 2. The lowest BCUT2D eigenvalue weighted by Gasteiger charge is -2.25. The first-order chi connectivity index (χ1) is 9.90. The van der Waals surface area contributed by atoms with Gasteiger partial charge < -0.3 is 10.4 Å². The van der Waals surface area contributed by atoms with Gasteiger partial charge in [0.15, 0.2) is 0 Å². The molecule has 0 spiro atoms. The van der Waals surface area contributed by atoms with Gasteiger partial charge in [0, 0.05) is 24.2 Å². The number of nitrogens with one attached hydrogen (secondary N) is 1. The summed E-state index contributed by atoms with van der Waals surface area (Å²) in [6, 6.07) is 7.43. The number of carboxylic acids is 1. The Kier molecular flexibility index (Phi) is 7.19. The molecule has 21 heavy (non-hydrogen) atoms. The largest absolute Gasteiger partial charge is 0.481 e. The van der Waals surface area contributed by atoms with E-state index in [2.05, 4.69) is 5.32 Å². The Morgan fingerprint density at radius 1 is 1.33 bits per heavy atom. The quantitative estimate of drug-likeness (QED) is 0.771. The van der Waals surface area contributed by atoms with E-state index in [0.29, 0.717) is 18.1 Å². The summed E-state index contributed by atoms with van der Waals surface area (Å²) < 4.78 is 0. The van der Waals surface area contributed by atoms with Crippen LogP contribution in [0.25, 0.3) is 0 Å². The first-order valence-corrected chi connectivity index (χ1v) is 7.24. The third-order valence-electron chi connectivity index (χ3n) is 3.12. The highest BCUT2D eigenvalue weighted by atomic mass is 35.5. The van der Waals surface area contributed by atoms with Crippen molar-refractivity contribution in [3.05, 3.63) is 34.9 Å². The Morgan fingerprint density at radius 2 is 2.00 bits per heavy atom. The van der Waals surface area contributed by atoms with Gasteiger partial charge >= 0.3 is 5.97 Å². The van der Waals surface area contributed by atoms with Crippen LogP contribution in [0.2, 0.25) is 5.02 Å². The molecule has 5 nitrogen and oxygen atoms in total. The summed E-state index contributed by atoms with van der Waals surface area (Å²) >= 11 is 6.02. The summed E-state index contributed by atoms with van der Waals surface area (Å²) in [5.74, 6) is -1.01. The zero-order chi connectivity index (χ0) is 15.8. The molecule has 6 heteroatoms. The number of hydrogen-bond acceptors (Lipinski definition) is 3. The molecule has 0 saturated carbocycles. The van der Waals surface area contributed by atoms with Gasteiger partial charge in [0.1, 0.15) is 0 Å². The Hall–Kier alpha value is -1.59. The summed E-state index contributed by atoms with van der Waals surface area (Å²) in [6.45, 7) is 4.76. The molecule has 1 aromatic rings. The summed E-state index contributed by atoms with van der Waals surface area (Å²) in [4.78, 5) is 24.4. The Balaban J connectivity index is 2.47. The van der Waals surface area contributed by atoms with Crippen LogP contribution < -0.4 is 5.32 Å². The van der Waals surface area contributed by atoms with Crippen molar-refractivity contribution < 1.29 is 14.7 Å². The predicted molar refractivity (Wildman–Crippen MR) is 82.3 cm³/mol. The number of carboxylic acid groups (broad SMARTS) is 1. The van der Waals surface area contributed by atoms with Gasteiger partial charge in [0.25, 0.3) is 0 Å². The molecule has 0 atom stereocenters. The second-order valence-electron chi connectivity index (χ2n) is 5.08. The smallest absolute Gasteiger partial charge is 0.304 e. The fraction of sp³-hybridized carbons (Fsp3) is 0.467. The van der Waals surface area contributed by atoms with Crippen LogP contribution in [-0.2, 0) is 16.1 Å². The molecule has 116 valence electrons. The van der Waals surface area contributed by atoms with Gasteiger partial charge in [-0.3, -0.25) is 14.5 Å². The van der Waals surface area contributed by atoms with E-state index in [0.717, 1.165) is 5.56 Å². The van der Waals surface area contributed by atoms with Crippen molar-refractivity contribution in [2.45, 2.75) is 32.9 Å². The Morgan fingerprint density at radius 3 is 2.57 bits per heavy atom. The van der Waals surface area contributed by atoms with Crippen LogP contribution in [0.3, 0.4) is 0 Å². The van der Waals surface area contributed by atoms with Gasteiger partial charge in [0.05, 0.1) is 13.0 Å². The van der Waals surface area contributed by atoms with Crippen LogP contribution >= 0.6 is 11.6 Å². The molecular weight excluding hydrogens is 292 g/mol. The number of halogens is 1. The van der Waals surface area contributed by atoms with Crippen LogP contribution in [0.15, 0.2) is 24.3 Å². The summed E-state index contributed by atoms with van der Waals surface area (Å²) in [6.07, 6.45) is 0.0238. The lowest BCUT2D eigenvalue weighted by Crippen LogP contribution is -2.41. The number of benzene rings is 1. The number of aliphatic carboxylic acids is 1. The highest BCUT2D eigenvalue weighted by molar-refractivity contribution is 6.31. The van der Waals surface area contributed by atoms with Crippen LogP contribution in [-0.4, -0.2) is 41.0 Å². The van der Waals surface area contributed by atoms with Gasteiger partial charge in [-0.05, 0) is 25.5 Å². The highest BCUT2D eigenvalue weighted by Gasteiger charge is 2.15. The Labute approximate surface area is 129 Å². The standard InChI is InChI=1S/C15H21ClN2O3/c1-11(2)18(8-7-15(20)21)10-14(19)17-9-12-5-3-4-6-13(12)16/h3-6,11H,7-10H2,1-2H3,(H,17,19)(H,20,21). The zero-order valence-electron chi connectivity index (χ0n) is 12.3. The molecule has 1 aromatic carbocycles. The van der Waals surface area contributed by atoms with E-state index >= 15 is 0 Å². The Bertz CT molecular complexity index is 492. The molecule has 0 fully saturated rings. The van der Waals surface area contributed by atoms with Crippen molar-refractivity contribution >= 4 is 23.5 Å². The minimum Gasteiger partial charge on any atom is -0.481 e. The van der Waals surface area contributed by atoms with Gasteiger partial charge in [-0.25, -0.2) is 0 Å². The van der Waals surface area contributed by atoms with Gasteiger partial charge in [-0.15, -0.1) is 0 Å². The first kappa shape index (κ1) is 17.5. The molecule has 2 N–H and O–H groups in total. The molecule has 0 radical (unpaired) electrons. The van der Waals surface area contributed by atoms with E-state index in [1.807, 2.05) is 36.9 Å². The fourth-order valence-corrected chi connectivity index (χ4v) is 2.04. The lowest BCUT2D eigenvalue weighted by atomic mass is 10.2. The van der Waals surface area contributed by atoms with Crippen molar-refractivity contribution in [3.8, 4) is 0 Å². The number of amides is 1. The maximum absolute atomic E-state index is 11.9. The maximum atomic E-state index is 11.9. The van der Waals surface area contributed by atoms with E-state index in [1.165, 1.54) is 0 Å². The van der Waals surface area contributed by atoms with Crippen LogP contribution in [0.4, 0.5) is 0 Å². The molecule has 0 heterocycles. The molecule has 0 bridgehead atoms. The SMILES string of the molecule is CC(C)N(CCC(=O)O)CC(=O)NCc1ccccc1Cl. The van der Waals surface area contributed by atoms with E-state index < -0.39 is 5.97 Å². The predicted octanol–water partition coefficient (Wildman–Crippen LogP) is 2.14. The molecule has 1 rings (SSSR count). The van der Waals surface area contributed by atoms with Gasteiger partial charge in [-0.1, -0.05) is 29.8 Å². The minimum atomic E-state index is -0.864. The van der Waals surface area contributed by atoms with Crippen LogP contribution in [0, 0.1) is 0 Å². The van der Waals surface area contributed by atoms with E-state index in [1.54, 1.807) is 6.07 Å². The second kappa shape index (κ2) is 8.64. The van der Waals surface area contributed by atoms with E-state index in [4.69, 9.17) is 16.7 Å². The van der Waals surface area contributed by atoms with E-state index in [-0.39, 0.29) is 24.9 Å². The molecule has 0 unspecified atom stereocenters. The number of carbonyl (C=O) groups excluding carboxylic acids is 1. The monoisotopic (exact) mass is 312 g/mol. The van der Waals surface area contributed by atoms with Crippen molar-refractivity contribution in [2.75, 3.05) is 13.1 Å². The zero-order valence-corrected chi connectivity index (χ0v) is 13.1. The normalized spacial score (nSPS) is 10.9. The maximum Gasteiger partial charge on any atom is 0.304 e. The second-order valence-corrected chi connectivity index (χ2v) is 5.48. The average molecular weight is 313 g/mol. The van der Waals surface area contributed by atoms with Crippen molar-refractivity contribution in [3.63, 3.8) is 0 Å². The van der Waals surface area contributed by atoms with Crippen molar-refractivity contribution in [1.82, 2.24) is 10.2 Å². The van der Waals surface area contributed by atoms with E-state index in [9.17, 15) is 9.59 Å². The van der Waals surface area contributed by atoms with Gasteiger partial charge in [-0.2, -0.15) is 0 Å². The summed E-state index contributed by atoms with van der Waals surface area (Å²) in [7, 11) is 0.